The number of carbonyl (C=O) groups excluding carboxylic acids is 1. The first-order valence-corrected chi connectivity index (χ1v) is 7.83. The van der Waals surface area contributed by atoms with Crippen LogP contribution in [0, 0.1) is 5.92 Å². The van der Waals surface area contributed by atoms with Crippen LogP contribution < -0.4 is 0 Å². The Morgan fingerprint density at radius 1 is 1.24 bits per heavy atom. The van der Waals surface area contributed by atoms with E-state index in [1.165, 1.54) is 12.8 Å². The molecule has 1 N–H and O–H groups in total. The van der Waals surface area contributed by atoms with Gasteiger partial charge >= 0.3 is 12.0 Å². The second-order valence-electron chi connectivity index (χ2n) is 6.46. The lowest BCUT2D eigenvalue weighted by atomic mass is 9.97. The first-order chi connectivity index (χ1) is 9.93. The standard InChI is InChI=1S/C15H26N2O4/c1-3-12-5-4-7-16(8-6-12)14(20)17-10-15(2,11-17)21-9-13(18)19/h12H,3-11H2,1-2H3,(H,18,19). The molecule has 1 atom stereocenters. The molecule has 120 valence electrons. The van der Waals surface area contributed by atoms with Gasteiger partial charge in [0.2, 0.25) is 0 Å². The Hall–Kier alpha value is -1.30. The van der Waals surface area contributed by atoms with E-state index in [1.54, 1.807) is 4.90 Å². The highest BCUT2D eigenvalue weighted by Gasteiger charge is 2.44. The van der Waals surface area contributed by atoms with Crippen molar-refractivity contribution in [1.82, 2.24) is 9.80 Å². The Bertz CT molecular complexity index is 393. The van der Waals surface area contributed by atoms with Gasteiger partial charge in [-0.2, -0.15) is 0 Å². The molecule has 0 aliphatic carbocycles. The minimum atomic E-state index is -0.973. The van der Waals surface area contributed by atoms with Gasteiger partial charge in [0, 0.05) is 13.1 Å². The fourth-order valence-electron chi connectivity index (χ4n) is 3.19. The summed E-state index contributed by atoms with van der Waals surface area (Å²) in [5, 5.41) is 8.64. The molecule has 2 aliphatic heterocycles. The number of amides is 2. The van der Waals surface area contributed by atoms with E-state index in [0.717, 1.165) is 31.8 Å². The molecule has 6 heteroatoms. The van der Waals surface area contributed by atoms with E-state index in [9.17, 15) is 9.59 Å². The first-order valence-electron chi connectivity index (χ1n) is 7.83. The maximum atomic E-state index is 12.4. The molecule has 2 saturated heterocycles. The number of ether oxygens (including phenoxy) is 1. The van der Waals surface area contributed by atoms with Gasteiger partial charge in [-0.1, -0.05) is 13.3 Å². The zero-order valence-corrected chi connectivity index (χ0v) is 13.0. The molecular weight excluding hydrogens is 272 g/mol. The van der Waals surface area contributed by atoms with Gasteiger partial charge in [-0.05, 0) is 32.1 Å². The molecule has 0 saturated carbocycles. The van der Waals surface area contributed by atoms with Gasteiger partial charge in [-0.25, -0.2) is 9.59 Å². The SMILES string of the molecule is CCC1CCCN(C(=O)N2CC(C)(OCC(=O)O)C2)CC1. The van der Waals surface area contributed by atoms with Crippen LogP contribution in [-0.2, 0) is 9.53 Å². The van der Waals surface area contributed by atoms with Crippen LogP contribution in [-0.4, -0.2) is 65.3 Å². The van der Waals surface area contributed by atoms with Crippen LogP contribution in [0.4, 0.5) is 4.79 Å². The van der Waals surface area contributed by atoms with Crippen molar-refractivity contribution < 1.29 is 19.4 Å². The van der Waals surface area contributed by atoms with E-state index in [2.05, 4.69) is 6.92 Å². The number of urea groups is 1. The van der Waals surface area contributed by atoms with E-state index in [0.29, 0.717) is 13.1 Å². The minimum Gasteiger partial charge on any atom is -0.480 e. The highest BCUT2D eigenvalue weighted by Crippen LogP contribution is 2.27. The van der Waals surface area contributed by atoms with Crippen LogP contribution in [0.3, 0.4) is 0 Å². The normalized spacial score (nSPS) is 25.1. The monoisotopic (exact) mass is 298 g/mol. The molecule has 0 aromatic heterocycles. The van der Waals surface area contributed by atoms with Crippen LogP contribution in [0.25, 0.3) is 0 Å². The summed E-state index contributed by atoms with van der Waals surface area (Å²) in [6.45, 7) is 6.39. The number of carboxylic acids is 1. The van der Waals surface area contributed by atoms with Gasteiger partial charge < -0.3 is 19.6 Å². The van der Waals surface area contributed by atoms with E-state index in [4.69, 9.17) is 9.84 Å². The summed E-state index contributed by atoms with van der Waals surface area (Å²) in [7, 11) is 0. The molecular formula is C15H26N2O4. The van der Waals surface area contributed by atoms with Crippen molar-refractivity contribution in [1.29, 1.82) is 0 Å². The fraction of sp³-hybridized carbons (Fsp3) is 0.867. The highest BCUT2D eigenvalue weighted by molar-refractivity contribution is 5.76. The maximum Gasteiger partial charge on any atom is 0.329 e. The first kappa shape index (κ1) is 16.1. The van der Waals surface area contributed by atoms with Gasteiger partial charge in [-0.15, -0.1) is 0 Å². The number of likely N-dealkylation sites (tertiary alicyclic amines) is 2. The van der Waals surface area contributed by atoms with E-state index >= 15 is 0 Å². The van der Waals surface area contributed by atoms with Crippen LogP contribution in [0.5, 0.6) is 0 Å². The van der Waals surface area contributed by atoms with E-state index in [-0.39, 0.29) is 12.6 Å². The second-order valence-corrected chi connectivity index (χ2v) is 6.46. The molecule has 21 heavy (non-hydrogen) atoms. The summed E-state index contributed by atoms with van der Waals surface area (Å²) in [5.74, 6) is -0.234. The summed E-state index contributed by atoms with van der Waals surface area (Å²) < 4.78 is 5.34. The summed E-state index contributed by atoms with van der Waals surface area (Å²) in [5.41, 5.74) is -0.508. The number of carboxylic acid groups (broad SMARTS) is 1. The van der Waals surface area contributed by atoms with Crippen molar-refractivity contribution in [2.75, 3.05) is 32.8 Å². The predicted octanol–water partition coefficient (Wildman–Crippen LogP) is 1.79. The van der Waals surface area contributed by atoms with E-state index < -0.39 is 11.6 Å². The van der Waals surface area contributed by atoms with Crippen molar-refractivity contribution in [2.45, 2.75) is 45.1 Å². The molecule has 2 fully saturated rings. The number of aliphatic carboxylic acids is 1. The molecule has 0 aromatic carbocycles. The lowest BCUT2D eigenvalue weighted by Gasteiger charge is -2.48. The smallest absolute Gasteiger partial charge is 0.329 e. The van der Waals surface area contributed by atoms with Crippen molar-refractivity contribution in [3.05, 3.63) is 0 Å². The Labute approximate surface area is 126 Å². The quantitative estimate of drug-likeness (QED) is 0.859. The van der Waals surface area contributed by atoms with Crippen LogP contribution in [0.2, 0.25) is 0 Å². The molecule has 2 rings (SSSR count). The Kier molecular flexibility index (Phi) is 5.08. The lowest BCUT2D eigenvalue weighted by Crippen LogP contribution is -2.65. The van der Waals surface area contributed by atoms with Crippen molar-refractivity contribution in [3.8, 4) is 0 Å². The van der Waals surface area contributed by atoms with Crippen LogP contribution >= 0.6 is 0 Å². The molecule has 6 nitrogen and oxygen atoms in total. The van der Waals surface area contributed by atoms with Gasteiger partial charge in [0.05, 0.1) is 13.1 Å². The lowest BCUT2D eigenvalue weighted by molar-refractivity contribution is -0.160. The summed E-state index contributed by atoms with van der Waals surface area (Å²) in [6, 6.07) is 0.0724. The zero-order valence-electron chi connectivity index (χ0n) is 13.0. The summed E-state index contributed by atoms with van der Waals surface area (Å²) >= 11 is 0. The molecule has 2 heterocycles. The number of nitrogens with zero attached hydrogens (tertiary/aromatic N) is 2. The van der Waals surface area contributed by atoms with Gasteiger partial charge in [0.25, 0.3) is 0 Å². The largest absolute Gasteiger partial charge is 0.480 e. The molecule has 0 bridgehead atoms. The highest BCUT2D eigenvalue weighted by atomic mass is 16.5. The maximum absolute atomic E-state index is 12.4. The fourth-order valence-corrected chi connectivity index (χ4v) is 3.19. The Morgan fingerprint density at radius 3 is 2.57 bits per heavy atom. The molecule has 0 aromatic rings. The van der Waals surface area contributed by atoms with Gasteiger partial charge in [-0.3, -0.25) is 0 Å². The molecule has 1 unspecified atom stereocenters. The Balaban J connectivity index is 1.79. The third kappa shape index (κ3) is 4.09. The van der Waals surface area contributed by atoms with Gasteiger partial charge in [0.1, 0.15) is 12.2 Å². The Morgan fingerprint density at radius 2 is 1.95 bits per heavy atom. The molecule has 0 spiro atoms. The number of rotatable bonds is 4. The molecule has 2 aliphatic rings. The topological polar surface area (TPSA) is 70.1 Å². The number of hydrogen-bond donors (Lipinski definition) is 1. The summed E-state index contributed by atoms with van der Waals surface area (Å²) in [6.07, 6.45) is 4.56. The average Bonchev–Trinajstić information content (AvgIpc) is 2.66. The third-order valence-electron chi connectivity index (χ3n) is 4.56. The average molecular weight is 298 g/mol. The zero-order chi connectivity index (χ0) is 15.5. The van der Waals surface area contributed by atoms with Gasteiger partial charge in [0.15, 0.2) is 0 Å². The number of carbonyl (C=O) groups is 2. The van der Waals surface area contributed by atoms with Crippen molar-refractivity contribution in [3.63, 3.8) is 0 Å². The van der Waals surface area contributed by atoms with Crippen LogP contribution in [0.15, 0.2) is 0 Å². The predicted molar refractivity (Wildman–Crippen MR) is 78.2 cm³/mol. The number of hydrogen-bond acceptors (Lipinski definition) is 3. The summed E-state index contributed by atoms with van der Waals surface area (Å²) in [4.78, 5) is 26.7. The second kappa shape index (κ2) is 6.64. The third-order valence-corrected chi connectivity index (χ3v) is 4.56. The van der Waals surface area contributed by atoms with Crippen molar-refractivity contribution >= 4 is 12.0 Å². The van der Waals surface area contributed by atoms with E-state index in [1.807, 2.05) is 11.8 Å². The molecule has 2 amide bonds. The van der Waals surface area contributed by atoms with Crippen LogP contribution in [0.1, 0.15) is 39.5 Å². The van der Waals surface area contributed by atoms with Crippen molar-refractivity contribution in [2.24, 2.45) is 5.92 Å². The minimum absolute atomic E-state index is 0.0724. The molecule has 0 radical (unpaired) electrons.